The van der Waals surface area contributed by atoms with Gasteiger partial charge >= 0.3 is 0 Å². The molecule has 2 aromatic carbocycles. The van der Waals surface area contributed by atoms with E-state index in [9.17, 15) is 4.79 Å². The zero-order chi connectivity index (χ0) is 21.0. The summed E-state index contributed by atoms with van der Waals surface area (Å²) < 4.78 is 11.2. The first-order chi connectivity index (χ1) is 15.3. The molecule has 0 N–H and O–H groups in total. The van der Waals surface area contributed by atoms with Crippen LogP contribution in [0.2, 0.25) is 0 Å². The van der Waals surface area contributed by atoms with Gasteiger partial charge in [0.25, 0.3) is 11.8 Å². The highest BCUT2D eigenvalue weighted by Crippen LogP contribution is 2.32. The van der Waals surface area contributed by atoms with Crippen molar-refractivity contribution < 1.29 is 14.1 Å². The highest BCUT2D eigenvalue weighted by atomic mass is 16.5. The minimum atomic E-state index is -0.237. The maximum Gasteiger partial charge on any atom is 0.261 e. The zero-order valence-electron chi connectivity index (χ0n) is 16.8. The molecule has 1 amide bonds. The van der Waals surface area contributed by atoms with Gasteiger partial charge in [-0.2, -0.15) is 15.2 Å². The topological polar surface area (TPSA) is 94.2 Å². The van der Waals surface area contributed by atoms with Gasteiger partial charge in [0.2, 0.25) is 0 Å². The molecule has 0 bridgehead atoms. The Balaban J connectivity index is 1.37. The SMILES string of the molecule is O=C(COc1ccccc1)N1CCCC[C@@H]1c1noc(-c2cnnc3ccccc23)n1. The van der Waals surface area contributed by atoms with Crippen molar-refractivity contribution in [3.63, 3.8) is 0 Å². The van der Waals surface area contributed by atoms with Gasteiger partial charge in [-0.3, -0.25) is 4.79 Å². The van der Waals surface area contributed by atoms with Gasteiger partial charge in [0.05, 0.1) is 23.3 Å². The molecule has 0 radical (unpaired) electrons. The van der Waals surface area contributed by atoms with E-state index in [1.807, 2.05) is 54.6 Å². The van der Waals surface area contributed by atoms with Crippen molar-refractivity contribution in [2.75, 3.05) is 13.2 Å². The summed E-state index contributed by atoms with van der Waals surface area (Å²) in [5.41, 5.74) is 1.48. The van der Waals surface area contributed by atoms with Crippen LogP contribution in [0.5, 0.6) is 5.75 Å². The van der Waals surface area contributed by atoms with Gasteiger partial charge in [-0.15, -0.1) is 0 Å². The molecule has 8 nitrogen and oxygen atoms in total. The summed E-state index contributed by atoms with van der Waals surface area (Å²) >= 11 is 0. The van der Waals surface area contributed by atoms with E-state index >= 15 is 0 Å². The van der Waals surface area contributed by atoms with Gasteiger partial charge < -0.3 is 14.2 Å². The minimum Gasteiger partial charge on any atom is -0.484 e. The Bertz CT molecular complexity index is 1190. The van der Waals surface area contributed by atoms with Crippen LogP contribution in [0.15, 0.2) is 65.3 Å². The number of hydrogen-bond acceptors (Lipinski definition) is 7. The standard InChI is InChI=1S/C23H21N5O3/c29-21(15-30-16-8-2-1-3-9-16)28-13-7-6-12-20(28)22-25-23(31-27-22)18-14-24-26-19-11-5-4-10-17(18)19/h1-5,8-11,14,20H,6-7,12-13,15H2/t20-/m1/s1. The van der Waals surface area contributed by atoms with Gasteiger partial charge in [-0.05, 0) is 37.5 Å². The first-order valence-electron chi connectivity index (χ1n) is 10.3. The second kappa shape index (κ2) is 8.51. The number of para-hydroxylation sites is 1. The molecule has 1 aliphatic heterocycles. The number of ether oxygens (including phenoxy) is 1. The van der Waals surface area contributed by atoms with E-state index in [4.69, 9.17) is 9.26 Å². The van der Waals surface area contributed by atoms with E-state index < -0.39 is 0 Å². The fourth-order valence-electron chi connectivity index (χ4n) is 3.90. The molecule has 3 heterocycles. The molecule has 0 saturated carbocycles. The fourth-order valence-corrected chi connectivity index (χ4v) is 3.90. The highest BCUT2D eigenvalue weighted by molar-refractivity contribution is 5.91. The summed E-state index contributed by atoms with van der Waals surface area (Å²) in [4.78, 5) is 19.3. The molecule has 1 aliphatic rings. The van der Waals surface area contributed by atoms with Crippen LogP contribution in [-0.2, 0) is 4.79 Å². The Labute approximate surface area is 178 Å². The van der Waals surface area contributed by atoms with Crippen molar-refractivity contribution in [1.82, 2.24) is 25.2 Å². The number of fused-ring (bicyclic) bond motifs is 1. The molecule has 0 spiro atoms. The molecular formula is C23H21N5O3. The molecule has 1 atom stereocenters. The van der Waals surface area contributed by atoms with Crippen LogP contribution in [0.4, 0.5) is 0 Å². The quantitative estimate of drug-likeness (QED) is 0.489. The van der Waals surface area contributed by atoms with Gasteiger partial charge in [0.15, 0.2) is 12.4 Å². The summed E-state index contributed by atoms with van der Waals surface area (Å²) in [6.07, 6.45) is 4.34. The van der Waals surface area contributed by atoms with Gasteiger partial charge in [0.1, 0.15) is 5.75 Å². The minimum absolute atomic E-state index is 0.0237. The second-order valence-corrected chi connectivity index (χ2v) is 7.43. The number of likely N-dealkylation sites (tertiary alicyclic amines) is 1. The summed E-state index contributed by atoms with van der Waals surface area (Å²) in [6.45, 7) is 0.620. The number of nitrogens with zero attached hydrogens (tertiary/aromatic N) is 5. The van der Waals surface area contributed by atoms with Crippen molar-refractivity contribution in [2.24, 2.45) is 0 Å². The largest absolute Gasteiger partial charge is 0.484 e. The monoisotopic (exact) mass is 415 g/mol. The number of aromatic nitrogens is 4. The Morgan fingerprint density at radius 3 is 2.84 bits per heavy atom. The molecule has 31 heavy (non-hydrogen) atoms. The lowest BCUT2D eigenvalue weighted by Gasteiger charge is -2.33. The van der Waals surface area contributed by atoms with Crippen LogP contribution in [0, 0.1) is 0 Å². The van der Waals surface area contributed by atoms with E-state index in [2.05, 4.69) is 20.3 Å². The van der Waals surface area contributed by atoms with Crippen molar-refractivity contribution in [2.45, 2.75) is 25.3 Å². The molecular weight excluding hydrogens is 394 g/mol. The maximum absolute atomic E-state index is 12.9. The average molecular weight is 415 g/mol. The van der Waals surface area contributed by atoms with Crippen LogP contribution < -0.4 is 4.74 Å². The van der Waals surface area contributed by atoms with Crippen LogP contribution in [0.25, 0.3) is 22.4 Å². The number of amides is 1. The van der Waals surface area contributed by atoms with Gasteiger partial charge in [-0.25, -0.2) is 0 Å². The molecule has 1 fully saturated rings. The van der Waals surface area contributed by atoms with Crippen LogP contribution in [-0.4, -0.2) is 44.3 Å². The van der Waals surface area contributed by atoms with Gasteiger partial charge in [-0.1, -0.05) is 41.6 Å². The lowest BCUT2D eigenvalue weighted by Crippen LogP contribution is -2.41. The van der Waals surface area contributed by atoms with E-state index in [1.54, 1.807) is 11.1 Å². The molecule has 0 unspecified atom stereocenters. The van der Waals surface area contributed by atoms with Crippen molar-refractivity contribution in [1.29, 1.82) is 0 Å². The van der Waals surface area contributed by atoms with E-state index in [0.717, 1.165) is 35.7 Å². The Morgan fingerprint density at radius 2 is 1.94 bits per heavy atom. The first kappa shape index (κ1) is 19.2. The van der Waals surface area contributed by atoms with Crippen LogP contribution >= 0.6 is 0 Å². The smallest absolute Gasteiger partial charge is 0.261 e. The number of hydrogen-bond donors (Lipinski definition) is 0. The third-order valence-electron chi connectivity index (χ3n) is 5.45. The number of carbonyl (C=O) groups is 1. The molecule has 2 aromatic heterocycles. The summed E-state index contributed by atoms with van der Waals surface area (Å²) in [7, 11) is 0. The lowest BCUT2D eigenvalue weighted by molar-refractivity contribution is -0.137. The van der Waals surface area contributed by atoms with Crippen molar-refractivity contribution in [3.05, 3.63) is 66.6 Å². The molecule has 0 aliphatic carbocycles. The normalized spacial score (nSPS) is 16.4. The van der Waals surface area contributed by atoms with E-state index in [-0.39, 0.29) is 18.6 Å². The summed E-state index contributed by atoms with van der Waals surface area (Å²) in [6, 6.07) is 16.8. The predicted octanol–water partition coefficient (Wildman–Crippen LogP) is 3.81. The number of rotatable bonds is 5. The molecule has 5 rings (SSSR count). The number of piperidine rings is 1. The number of benzene rings is 2. The third kappa shape index (κ3) is 3.96. The van der Waals surface area contributed by atoms with Gasteiger partial charge in [0, 0.05) is 11.9 Å². The highest BCUT2D eigenvalue weighted by Gasteiger charge is 2.32. The zero-order valence-corrected chi connectivity index (χ0v) is 16.8. The molecule has 4 aromatic rings. The number of carbonyl (C=O) groups excluding carboxylic acids is 1. The van der Waals surface area contributed by atoms with E-state index in [1.165, 1.54) is 0 Å². The lowest BCUT2D eigenvalue weighted by atomic mass is 10.0. The molecule has 8 heteroatoms. The van der Waals surface area contributed by atoms with Crippen molar-refractivity contribution >= 4 is 16.8 Å². The summed E-state index contributed by atoms with van der Waals surface area (Å²) in [5.74, 6) is 1.46. The average Bonchev–Trinajstić information content (AvgIpc) is 3.33. The maximum atomic E-state index is 12.9. The first-order valence-corrected chi connectivity index (χ1v) is 10.3. The Morgan fingerprint density at radius 1 is 1.10 bits per heavy atom. The van der Waals surface area contributed by atoms with Crippen LogP contribution in [0.3, 0.4) is 0 Å². The third-order valence-corrected chi connectivity index (χ3v) is 5.45. The second-order valence-electron chi connectivity index (χ2n) is 7.43. The predicted molar refractivity (Wildman–Crippen MR) is 113 cm³/mol. The van der Waals surface area contributed by atoms with Crippen molar-refractivity contribution in [3.8, 4) is 17.2 Å². The van der Waals surface area contributed by atoms with E-state index in [0.29, 0.717) is 24.0 Å². The Hall–Kier alpha value is -3.81. The molecule has 156 valence electrons. The fraction of sp³-hybridized carbons (Fsp3) is 0.261. The van der Waals surface area contributed by atoms with Crippen LogP contribution in [0.1, 0.15) is 31.1 Å². The molecule has 1 saturated heterocycles. The Kier molecular flexibility index (Phi) is 5.26. The summed E-state index contributed by atoms with van der Waals surface area (Å²) in [5, 5.41) is 13.3.